The standard InChI is InChI=1S/C20H32N2O2/c1-2-3-4-5-6-7-8-9-10-11-12-17-13-15-18(16-14-17)22-20(24)19(21)23/h13-16H,2-12H2,1H3,(H2,21,23)(H,22,24). The number of carbonyl (C=O) groups is 2. The quantitative estimate of drug-likeness (QED) is 0.434. The van der Waals surface area contributed by atoms with Crippen LogP contribution in [0, 0.1) is 0 Å². The third-order valence-corrected chi connectivity index (χ3v) is 4.25. The van der Waals surface area contributed by atoms with Gasteiger partial charge in [-0.15, -0.1) is 0 Å². The van der Waals surface area contributed by atoms with E-state index < -0.39 is 11.8 Å². The molecular weight excluding hydrogens is 300 g/mol. The number of nitrogens with two attached hydrogens (primary N) is 1. The molecule has 4 heteroatoms. The molecule has 24 heavy (non-hydrogen) atoms. The van der Waals surface area contributed by atoms with Gasteiger partial charge >= 0.3 is 11.8 Å². The molecule has 1 aromatic carbocycles. The van der Waals surface area contributed by atoms with Crippen LogP contribution in [0.1, 0.15) is 76.7 Å². The fourth-order valence-corrected chi connectivity index (χ4v) is 2.76. The van der Waals surface area contributed by atoms with Gasteiger partial charge in [-0.3, -0.25) is 9.59 Å². The highest BCUT2D eigenvalue weighted by Gasteiger charge is 2.08. The Labute approximate surface area is 146 Å². The van der Waals surface area contributed by atoms with Crippen molar-refractivity contribution >= 4 is 17.5 Å². The lowest BCUT2D eigenvalue weighted by molar-refractivity contribution is -0.134. The van der Waals surface area contributed by atoms with Crippen LogP contribution in [-0.2, 0) is 16.0 Å². The molecule has 0 aliphatic carbocycles. The summed E-state index contributed by atoms with van der Waals surface area (Å²) in [5.41, 5.74) is 6.77. The summed E-state index contributed by atoms with van der Waals surface area (Å²) in [5.74, 6) is -1.75. The SMILES string of the molecule is CCCCCCCCCCCCc1ccc(NC(=O)C(N)=O)cc1. The van der Waals surface area contributed by atoms with Gasteiger partial charge in [0, 0.05) is 5.69 Å². The summed E-state index contributed by atoms with van der Waals surface area (Å²) in [6.07, 6.45) is 14.4. The average molecular weight is 332 g/mol. The number of amides is 2. The molecule has 0 aromatic heterocycles. The van der Waals surface area contributed by atoms with Crippen molar-refractivity contribution in [2.45, 2.75) is 77.6 Å². The Hall–Kier alpha value is -1.84. The number of unbranched alkanes of at least 4 members (excludes halogenated alkanes) is 9. The van der Waals surface area contributed by atoms with Gasteiger partial charge in [0.25, 0.3) is 0 Å². The Bertz CT molecular complexity index is 483. The van der Waals surface area contributed by atoms with E-state index in [1.165, 1.54) is 69.8 Å². The molecule has 0 saturated carbocycles. The fourth-order valence-electron chi connectivity index (χ4n) is 2.76. The number of primary amides is 1. The molecule has 0 spiro atoms. The van der Waals surface area contributed by atoms with Crippen molar-refractivity contribution in [1.82, 2.24) is 0 Å². The second-order valence-corrected chi connectivity index (χ2v) is 6.45. The molecule has 1 rings (SSSR count). The molecule has 0 fully saturated rings. The van der Waals surface area contributed by atoms with Gasteiger partial charge in [-0.05, 0) is 30.5 Å². The summed E-state index contributed by atoms with van der Waals surface area (Å²) in [5, 5.41) is 2.46. The van der Waals surface area contributed by atoms with Crippen molar-refractivity contribution in [3.63, 3.8) is 0 Å². The van der Waals surface area contributed by atoms with Crippen molar-refractivity contribution in [3.05, 3.63) is 29.8 Å². The van der Waals surface area contributed by atoms with Crippen molar-refractivity contribution in [3.8, 4) is 0 Å². The Morgan fingerprint density at radius 3 is 1.83 bits per heavy atom. The largest absolute Gasteiger partial charge is 0.361 e. The Morgan fingerprint density at radius 2 is 1.33 bits per heavy atom. The maximum absolute atomic E-state index is 11.2. The molecule has 4 nitrogen and oxygen atoms in total. The highest BCUT2D eigenvalue weighted by Crippen LogP contribution is 2.14. The number of carbonyl (C=O) groups excluding carboxylic acids is 2. The number of hydrogen-bond donors (Lipinski definition) is 2. The molecule has 3 N–H and O–H groups in total. The minimum atomic E-state index is -0.968. The molecule has 1 aromatic rings. The molecule has 0 aliphatic rings. The number of hydrogen-bond acceptors (Lipinski definition) is 2. The van der Waals surface area contributed by atoms with Crippen molar-refractivity contribution < 1.29 is 9.59 Å². The summed E-state index contributed by atoms with van der Waals surface area (Å²) in [7, 11) is 0. The van der Waals surface area contributed by atoms with Gasteiger partial charge in [0.05, 0.1) is 0 Å². The molecule has 0 heterocycles. The van der Waals surface area contributed by atoms with E-state index in [2.05, 4.69) is 12.2 Å². The van der Waals surface area contributed by atoms with E-state index in [9.17, 15) is 9.59 Å². The first-order chi connectivity index (χ1) is 11.6. The first-order valence-electron chi connectivity index (χ1n) is 9.33. The third kappa shape index (κ3) is 9.33. The fraction of sp³-hybridized carbons (Fsp3) is 0.600. The van der Waals surface area contributed by atoms with Crippen molar-refractivity contribution in [2.24, 2.45) is 5.73 Å². The van der Waals surface area contributed by atoms with Gasteiger partial charge in [0.2, 0.25) is 0 Å². The molecule has 0 aliphatic heterocycles. The lowest BCUT2D eigenvalue weighted by Gasteiger charge is -2.05. The second-order valence-electron chi connectivity index (χ2n) is 6.45. The molecule has 0 radical (unpaired) electrons. The van der Waals surface area contributed by atoms with E-state index in [0.29, 0.717) is 5.69 Å². The minimum Gasteiger partial charge on any atom is -0.361 e. The maximum Gasteiger partial charge on any atom is 0.313 e. The van der Waals surface area contributed by atoms with Crippen LogP contribution in [-0.4, -0.2) is 11.8 Å². The lowest BCUT2D eigenvalue weighted by atomic mass is 10.0. The van der Waals surface area contributed by atoms with E-state index >= 15 is 0 Å². The number of anilines is 1. The number of aryl methyl sites for hydroxylation is 1. The van der Waals surface area contributed by atoms with Crippen molar-refractivity contribution in [1.29, 1.82) is 0 Å². The molecule has 2 amide bonds. The first kappa shape index (κ1) is 20.2. The second kappa shape index (κ2) is 12.6. The molecule has 134 valence electrons. The zero-order chi connectivity index (χ0) is 17.6. The van der Waals surface area contributed by atoms with Crippen LogP contribution in [0.25, 0.3) is 0 Å². The molecule has 0 bridgehead atoms. The van der Waals surface area contributed by atoms with E-state index in [1.807, 2.05) is 24.3 Å². The van der Waals surface area contributed by atoms with Gasteiger partial charge < -0.3 is 11.1 Å². The van der Waals surface area contributed by atoms with Crippen LogP contribution in [0.3, 0.4) is 0 Å². The van der Waals surface area contributed by atoms with E-state index in [-0.39, 0.29) is 0 Å². The van der Waals surface area contributed by atoms with Gasteiger partial charge in [-0.25, -0.2) is 0 Å². The number of nitrogens with one attached hydrogen (secondary N) is 1. The summed E-state index contributed by atoms with van der Waals surface area (Å²) >= 11 is 0. The summed E-state index contributed by atoms with van der Waals surface area (Å²) < 4.78 is 0. The highest BCUT2D eigenvalue weighted by molar-refractivity contribution is 6.39. The zero-order valence-corrected chi connectivity index (χ0v) is 15.0. The van der Waals surface area contributed by atoms with Gasteiger partial charge in [0.1, 0.15) is 0 Å². The normalized spacial score (nSPS) is 10.5. The third-order valence-electron chi connectivity index (χ3n) is 4.25. The van der Waals surface area contributed by atoms with Crippen molar-refractivity contribution in [2.75, 3.05) is 5.32 Å². The highest BCUT2D eigenvalue weighted by atomic mass is 16.2. The van der Waals surface area contributed by atoms with Crippen LogP contribution in [0.5, 0.6) is 0 Å². The lowest BCUT2D eigenvalue weighted by Crippen LogP contribution is -2.29. The first-order valence-corrected chi connectivity index (χ1v) is 9.33. The zero-order valence-electron chi connectivity index (χ0n) is 15.0. The van der Waals surface area contributed by atoms with E-state index in [4.69, 9.17) is 5.73 Å². The number of rotatable bonds is 12. The summed E-state index contributed by atoms with van der Waals surface area (Å²) in [6, 6.07) is 7.60. The predicted molar refractivity (Wildman–Crippen MR) is 99.8 cm³/mol. The van der Waals surface area contributed by atoms with Crippen LogP contribution in [0.2, 0.25) is 0 Å². The monoisotopic (exact) mass is 332 g/mol. The summed E-state index contributed by atoms with van der Waals surface area (Å²) in [4.78, 5) is 21.9. The minimum absolute atomic E-state index is 0.602. The van der Waals surface area contributed by atoms with E-state index in [1.54, 1.807) is 0 Å². The molecular formula is C20H32N2O2. The van der Waals surface area contributed by atoms with Crippen LogP contribution in [0.15, 0.2) is 24.3 Å². The van der Waals surface area contributed by atoms with Gasteiger partial charge in [-0.2, -0.15) is 0 Å². The molecule has 0 atom stereocenters. The predicted octanol–water partition coefficient (Wildman–Crippen LogP) is 4.57. The Morgan fingerprint density at radius 1 is 0.833 bits per heavy atom. The average Bonchev–Trinajstić information content (AvgIpc) is 2.58. The van der Waals surface area contributed by atoms with E-state index in [0.717, 1.165) is 6.42 Å². The number of benzene rings is 1. The van der Waals surface area contributed by atoms with Crippen LogP contribution < -0.4 is 11.1 Å². The Kier molecular flexibility index (Phi) is 10.6. The summed E-state index contributed by atoms with van der Waals surface area (Å²) in [6.45, 7) is 2.25. The van der Waals surface area contributed by atoms with Gasteiger partial charge in [-0.1, -0.05) is 76.8 Å². The van der Waals surface area contributed by atoms with Gasteiger partial charge in [0.15, 0.2) is 0 Å². The smallest absolute Gasteiger partial charge is 0.313 e. The molecule has 0 unspecified atom stereocenters. The topological polar surface area (TPSA) is 72.2 Å². The molecule has 0 saturated heterocycles. The van der Waals surface area contributed by atoms with Crippen LogP contribution >= 0.6 is 0 Å². The Balaban J connectivity index is 2.07. The maximum atomic E-state index is 11.2. The van der Waals surface area contributed by atoms with Crippen LogP contribution in [0.4, 0.5) is 5.69 Å².